The lowest BCUT2D eigenvalue weighted by atomic mass is 9.82. The summed E-state index contributed by atoms with van der Waals surface area (Å²) in [5.41, 5.74) is 0.435. The largest absolute Gasteiger partial charge is 0.342 e. The van der Waals surface area contributed by atoms with E-state index in [1.807, 2.05) is 11.8 Å². The molecular weight excluding hydrogens is 162 g/mol. The Morgan fingerprint density at radius 2 is 1.92 bits per heavy atom. The van der Waals surface area contributed by atoms with Crippen molar-refractivity contribution in [2.75, 3.05) is 13.1 Å². The third-order valence-corrected chi connectivity index (χ3v) is 3.59. The van der Waals surface area contributed by atoms with Crippen LogP contribution in [0, 0.1) is 5.41 Å². The highest BCUT2D eigenvalue weighted by molar-refractivity contribution is 5.76. The zero-order chi connectivity index (χ0) is 9.90. The van der Waals surface area contributed by atoms with Crippen LogP contribution in [0.15, 0.2) is 0 Å². The normalized spacial score (nSPS) is 20.7. The first kappa shape index (κ1) is 10.6. The van der Waals surface area contributed by atoms with Crippen molar-refractivity contribution in [1.82, 2.24) is 4.90 Å². The van der Waals surface area contributed by atoms with E-state index in [4.69, 9.17) is 0 Å². The topological polar surface area (TPSA) is 20.3 Å². The van der Waals surface area contributed by atoms with Gasteiger partial charge in [-0.1, -0.05) is 20.8 Å². The van der Waals surface area contributed by atoms with Crippen LogP contribution in [0.5, 0.6) is 0 Å². The number of amides is 1. The molecule has 0 spiro atoms. The molecule has 0 radical (unpaired) electrons. The highest BCUT2D eigenvalue weighted by Gasteiger charge is 2.36. The third-order valence-electron chi connectivity index (χ3n) is 3.59. The van der Waals surface area contributed by atoms with Gasteiger partial charge < -0.3 is 4.90 Å². The van der Waals surface area contributed by atoms with Crippen molar-refractivity contribution < 1.29 is 4.79 Å². The Kier molecular flexibility index (Phi) is 3.34. The molecule has 0 aromatic heterocycles. The Balaban J connectivity index is 2.56. The van der Waals surface area contributed by atoms with Crippen LogP contribution in [-0.2, 0) is 4.79 Å². The van der Waals surface area contributed by atoms with Gasteiger partial charge in [-0.15, -0.1) is 0 Å². The van der Waals surface area contributed by atoms with Crippen molar-refractivity contribution in [2.24, 2.45) is 5.41 Å². The van der Waals surface area contributed by atoms with Crippen LogP contribution in [0.3, 0.4) is 0 Å². The SMILES string of the molecule is CCC(=O)N1CCC(CC)(CC)C1. The second kappa shape index (κ2) is 4.12. The molecule has 13 heavy (non-hydrogen) atoms. The van der Waals surface area contributed by atoms with E-state index < -0.39 is 0 Å². The summed E-state index contributed by atoms with van der Waals surface area (Å²) in [5.74, 6) is 0.323. The molecule has 0 atom stereocenters. The summed E-state index contributed by atoms with van der Waals surface area (Å²) in [4.78, 5) is 13.5. The summed E-state index contributed by atoms with van der Waals surface area (Å²) >= 11 is 0. The van der Waals surface area contributed by atoms with E-state index in [2.05, 4.69) is 13.8 Å². The smallest absolute Gasteiger partial charge is 0.222 e. The zero-order valence-corrected chi connectivity index (χ0v) is 9.10. The molecule has 0 aromatic rings. The quantitative estimate of drug-likeness (QED) is 0.658. The van der Waals surface area contributed by atoms with E-state index in [1.165, 1.54) is 19.3 Å². The predicted octanol–water partition coefficient (Wildman–Crippen LogP) is 2.44. The van der Waals surface area contributed by atoms with Crippen molar-refractivity contribution in [2.45, 2.75) is 46.5 Å². The van der Waals surface area contributed by atoms with E-state index in [1.54, 1.807) is 0 Å². The van der Waals surface area contributed by atoms with Gasteiger partial charge in [-0.05, 0) is 24.7 Å². The van der Waals surface area contributed by atoms with Crippen molar-refractivity contribution in [3.05, 3.63) is 0 Å². The molecule has 76 valence electrons. The maximum atomic E-state index is 11.5. The Morgan fingerprint density at radius 3 is 2.31 bits per heavy atom. The summed E-state index contributed by atoms with van der Waals surface area (Å²) in [6.45, 7) is 8.40. The molecule has 1 aliphatic rings. The summed E-state index contributed by atoms with van der Waals surface area (Å²) < 4.78 is 0. The fourth-order valence-electron chi connectivity index (χ4n) is 2.20. The molecule has 0 aromatic carbocycles. The van der Waals surface area contributed by atoms with Gasteiger partial charge in [0.25, 0.3) is 0 Å². The van der Waals surface area contributed by atoms with Crippen LogP contribution in [0.25, 0.3) is 0 Å². The molecule has 0 N–H and O–H groups in total. The van der Waals surface area contributed by atoms with Gasteiger partial charge in [0, 0.05) is 19.5 Å². The molecule has 1 amide bonds. The summed E-state index contributed by atoms with van der Waals surface area (Å²) in [5, 5.41) is 0. The first-order chi connectivity index (χ1) is 6.17. The van der Waals surface area contributed by atoms with Crippen LogP contribution in [0.4, 0.5) is 0 Å². The molecule has 1 fully saturated rings. The van der Waals surface area contributed by atoms with Crippen LogP contribution in [0.1, 0.15) is 46.5 Å². The number of nitrogens with zero attached hydrogens (tertiary/aromatic N) is 1. The lowest BCUT2D eigenvalue weighted by Crippen LogP contribution is -2.31. The number of carbonyl (C=O) groups excluding carboxylic acids is 1. The van der Waals surface area contributed by atoms with Gasteiger partial charge in [0.05, 0.1) is 0 Å². The first-order valence-corrected chi connectivity index (χ1v) is 5.45. The Bertz CT molecular complexity index is 185. The van der Waals surface area contributed by atoms with E-state index in [9.17, 15) is 4.79 Å². The maximum Gasteiger partial charge on any atom is 0.222 e. The minimum absolute atomic E-state index is 0.323. The molecule has 1 saturated heterocycles. The van der Waals surface area contributed by atoms with Crippen LogP contribution in [0.2, 0.25) is 0 Å². The van der Waals surface area contributed by atoms with Crippen molar-refractivity contribution in [3.63, 3.8) is 0 Å². The average molecular weight is 183 g/mol. The Morgan fingerprint density at radius 1 is 1.31 bits per heavy atom. The minimum atomic E-state index is 0.323. The molecule has 0 aliphatic carbocycles. The number of carbonyl (C=O) groups is 1. The van der Waals surface area contributed by atoms with Crippen LogP contribution >= 0.6 is 0 Å². The van der Waals surface area contributed by atoms with E-state index in [0.717, 1.165) is 13.1 Å². The van der Waals surface area contributed by atoms with E-state index in [-0.39, 0.29) is 0 Å². The highest BCUT2D eigenvalue weighted by Crippen LogP contribution is 2.36. The fourth-order valence-corrected chi connectivity index (χ4v) is 2.20. The molecule has 2 heteroatoms. The number of rotatable bonds is 3. The molecule has 2 nitrogen and oxygen atoms in total. The van der Waals surface area contributed by atoms with Gasteiger partial charge in [0.1, 0.15) is 0 Å². The monoisotopic (exact) mass is 183 g/mol. The Labute approximate surface area is 81.3 Å². The standard InChI is InChI=1S/C11H21NO/c1-4-10(13)12-8-7-11(5-2,6-3)9-12/h4-9H2,1-3H3. The van der Waals surface area contributed by atoms with Gasteiger partial charge in [0.2, 0.25) is 5.91 Å². The minimum Gasteiger partial charge on any atom is -0.342 e. The average Bonchev–Trinajstić information content (AvgIpc) is 2.61. The van der Waals surface area contributed by atoms with E-state index in [0.29, 0.717) is 17.7 Å². The number of hydrogen-bond acceptors (Lipinski definition) is 1. The molecular formula is C11H21NO. The van der Waals surface area contributed by atoms with Crippen LogP contribution < -0.4 is 0 Å². The predicted molar refractivity (Wildman–Crippen MR) is 54.5 cm³/mol. The number of likely N-dealkylation sites (tertiary alicyclic amines) is 1. The lowest BCUT2D eigenvalue weighted by Gasteiger charge is -2.26. The van der Waals surface area contributed by atoms with Gasteiger partial charge in [-0.3, -0.25) is 4.79 Å². The molecule has 1 aliphatic heterocycles. The summed E-state index contributed by atoms with van der Waals surface area (Å²) in [6, 6.07) is 0. The molecule has 0 bridgehead atoms. The van der Waals surface area contributed by atoms with Crippen molar-refractivity contribution in [3.8, 4) is 0 Å². The molecule has 0 saturated carbocycles. The van der Waals surface area contributed by atoms with Gasteiger partial charge in [-0.25, -0.2) is 0 Å². The summed E-state index contributed by atoms with van der Waals surface area (Å²) in [6.07, 6.45) is 4.27. The third kappa shape index (κ3) is 2.04. The Hall–Kier alpha value is -0.530. The van der Waals surface area contributed by atoms with Gasteiger partial charge >= 0.3 is 0 Å². The van der Waals surface area contributed by atoms with Crippen LogP contribution in [-0.4, -0.2) is 23.9 Å². The van der Waals surface area contributed by atoms with Crippen molar-refractivity contribution in [1.29, 1.82) is 0 Å². The van der Waals surface area contributed by atoms with Gasteiger partial charge in [0.15, 0.2) is 0 Å². The zero-order valence-electron chi connectivity index (χ0n) is 9.10. The second-order valence-corrected chi connectivity index (χ2v) is 4.13. The number of hydrogen-bond donors (Lipinski definition) is 0. The van der Waals surface area contributed by atoms with Crippen molar-refractivity contribution >= 4 is 5.91 Å². The lowest BCUT2D eigenvalue weighted by molar-refractivity contribution is -0.130. The first-order valence-electron chi connectivity index (χ1n) is 5.45. The molecule has 1 rings (SSSR count). The molecule has 1 heterocycles. The van der Waals surface area contributed by atoms with E-state index >= 15 is 0 Å². The highest BCUT2D eigenvalue weighted by atomic mass is 16.2. The summed E-state index contributed by atoms with van der Waals surface area (Å²) in [7, 11) is 0. The maximum absolute atomic E-state index is 11.5. The van der Waals surface area contributed by atoms with Gasteiger partial charge in [-0.2, -0.15) is 0 Å². The second-order valence-electron chi connectivity index (χ2n) is 4.13. The molecule has 0 unspecified atom stereocenters. The fraction of sp³-hybridized carbons (Fsp3) is 0.909.